The third-order valence-corrected chi connectivity index (χ3v) is 7.62. The third-order valence-electron chi connectivity index (χ3n) is 7.62. The summed E-state index contributed by atoms with van der Waals surface area (Å²) in [6.45, 7) is 0.0771. The van der Waals surface area contributed by atoms with Crippen molar-refractivity contribution in [2.75, 3.05) is 19.8 Å². The second-order valence-corrected chi connectivity index (χ2v) is 11.0. The van der Waals surface area contributed by atoms with Crippen LogP contribution < -0.4 is 0 Å². The van der Waals surface area contributed by atoms with E-state index in [1.807, 2.05) is 0 Å². The van der Waals surface area contributed by atoms with Gasteiger partial charge in [-0.1, -0.05) is 63.3 Å². The summed E-state index contributed by atoms with van der Waals surface area (Å²) < 4.78 is 21.8. The molecule has 2 saturated heterocycles. The molecule has 9 atom stereocenters. The number of unbranched alkanes of at least 4 members (excludes halogenated alkanes) is 8. The average Bonchev–Trinajstić information content (AvgIpc) is 3.23. The molecule has 12 nitrogen and oxygen atoms in total. The van der Waals surface area contributed by atoms with Crippen LogP contribution in [0.2, 0.25) is 0 Å². The Balaban J connectivity index is 1.74. The van der Waals surface area contributed by atoms with Crippen molar-refractivity contribution < 1.29 is 59.5 Å². The number of hydrogen-bond acceptors (Lipinski definition) is 12. The monoisotopic (exact) mass is 604 g/mol. The van der Waals surface area contributed by atoms with E-state index in [9.17, 15) is 40.5 Å². The highest BCUT2D eigenvalue weighted by molar-refractivity contribution is 5.69. The summed E-state index contributed by atoms with van der Waals surface area (Å²) in [6, 6.07) is 0. The molecule has 2 rings (SSSR count). The Labute approximate surface area is 248 Å². The highest BCUT2D eigenvalue weighted by atomic mass is 16.8. The molecular weight excluding hydrogens is 552 g/mol. The summed E-state index contributed by atoms with van der Waals surface area (Å²) in [4.78, 5) is 12.4. The molecular formula is C30H52O12. The van der Waals surface area contributed by atoms with Gasteiger partial charge in [0, 0.05) is 6.42 Å². The van der Waals surface area contributed by atoms with Crippen LogP contribution in [-0.2, 0) is 23.7 Å². The van der Waals surface area contributed by atoms with E-state index in [0.717, 1.165) is 44.9 Å². The Morgan fingerprint density at radius 3 is 2.00 bits per heavy atom. The number of rotatable bonds is 20. The van der Waals surface area contributed by atoms with Crippen LogP contribution >= 0.6 is 0 Å². The molecule has 0 unspecified atom stereocenters. The van der Waals surface area contributed by atoms with E-state index in [2.05, 4.69) is 31.2 Å². The molecule has 42 heavy (non-hydrogen) atoms. The van der Waals surface area contributed by atoms with Crippen LogP contribution in [0, 0.1) is 0 Å². The van der Waals surface area contributed by atoms with Gasteiger partial charge >= 0.3 is 5.97 Å². The second kappa shape index (κ2) is 19.8. The molecule has 0 aromatic rings. The number of aliphatic hydroxyl groups is 7. The van der Waals surface area contributed by atoms with Gasteiger partial charge in [-0.25, -0.2) is 0 Å². The smallest absolute Gasteiger partial charge is 0.305 e. The number of ether oxygens (including phenoxy) is 4. The van der Waals surface area contributed by atoms with Crippen LogP contribution in [-0.4, -0.2) is 116 Å². The van der Waals surface area contributed by atoms with E-state index in [0.29, 0.717) is 6.42 Å². The zero-order valence-corrected chi connectivity index (χ0v) is 24.7. The highest BCUT2D eigenvalue weighted by Crippen LogP contribution is 2.36. The zero-order chi connectivity index (χ0) is 31.0. The van der Waals surface area contributed by atoms with Crippen LogP contribution in [0.3, 0.4) is 0 Å². The molecule has 0 spiro atoms. The maximum absolute atomic E-state index is 12.4. The van der Waals surface area contributed by atoms with Gasteiger partial charge in [0.05, 0.1) is 13.2 Å². The fourth-order valence-electron chi connectivity index (χ4n) is 4.95. The van der Waals surface area contributed by atoms with E-state index < -0.39 is 80.6 Å². The van der Waals surface area contributed by atoms with E-state index in [1.54, 1.807) is 0 Å². The van der Waals surface area contributed by atoms with Gasteiger partial charge in [-0.2, -0.15) is 0 Å². The van der Waals surface area contributed by atoms with Crippen molar-refractivity contribution in [2.24, 2.45) is 0 Å². The Morgan fingerprint density at radius 1 is 0.762 bits per heavy atom. The first-order valence-electron chi connectivity index (χ1n) is 15.3. The molecule has 0 radical (unpaired) electrons. The predicted molar refractivity (Wildman–Crippen MR) is 152 cm³/mol. The molecule has 2 aliphatic heterocycles. The number of carbonyl (C=O) groups is 1. The minimum atomic E-state index is -2.26. The van der Waals surface area contributed by atoms with Crippen molar-refractivity contribution in [1.82, 2.24) is 0 Å². The predicted octanol–water partition coefficient (Wildman–Crippen LogP) is 0.969. The fourth-order valence-corrected chi connectivity index (χ4v) is 4.95. The van der Waals surface area contributed by atoms with E-state index in [4.69, 9.17) is 18.9 Å². The molecule has 0 bridgehead atoms. The fraction of sp³-hybridized carbons (Fsp3) is 0.833. The zero-order valence-electron chi connectivity index (χ0n) is 24.7. The van der Waals surface area contributed by atoms with Crippen molar-refractivity contribution in [1.29, 1.82) is 0 Å². The Hall–Kier alpha value is -1.45. The van der Waals surface area contributed by atoms with E-state index in [1.165, 1.54) is 19.3 Å². The number of esters is 1. The van der Waals surface area contributed by atoms with Gasteiger partial charge in [-0.15, -0.1) is 0 Å². The molecule has 7 N–H and O–H groups in total. The first kappa shape index (κ1) is 36.7. The van der Waals surface area contributed by atoms with Crippen molar-refractivity contribution in [3.05, 3.63) is 24.3 Å². The molecule has 0 saturated carbocycles. The quantitative estimate of drug-likeness (QED) is 0.0592. The van der Waals surface area contributed by atoms with Gasteiger partial charge in [-0.05, 0) is 38.5 Å². The van der Waals surface area contributed by atoms with Gasteiger partial charge < -0.3 is 54.7 Å². The summed E-state index contributed by atoms with van der Waals surface area (Å²) in [5.74, 6) is -2.86. The minimum absolute atomic E-state index is 0.0999. The molecule has 12 heteroatoms. The molecule has 2 fully saturated rings. The molecule has 244 valence electrons. The normalized spacial score (nSPS) is 33.6. The lowest BCUT2D eigenvalue weighted by molar-refractivity contribution is -0.383. The number of allylic oxidation sites excluding steroid dienone is 4. The Kier molecular flexibility index (Phi) is 17.3. The lowest BCUT2D eigenvalue weighted by Gasteiger charge is -2.43. The van der Waals surface area contributed by atoms with Crippen molar-refractivity contribution >= 4 is 5.97 Å². The first-order chi connectivity index (χ1) is 20.2. The molecule has 2 heterocycles. The lowest BCUT2D eigenvalue weighted by atomic mass is 9.99. The second-order valence-electron chi connectivity index (χ2n) is 11.0. The van der Waals surface area contributed by atoms with Gasteiger partial charge in [0.15, 0.2) is 6.29 Å². The first-order valence-corrected chi connectivity index (χ1v) is 15.3. The molecule has 2 aliphatic rings. The summed E-state index contributed by atoms with van der Waals surface area (Å²) in [7, 11) is 0. The van der Waals surface area contributed by atoms with Crippen molar-refractivity contribution in [3.63, 3.8) is 0 Å². The summed E-state index contributed by atoms with van der Waals surface area (Å²) in [6.07, 6.45) is 7.31. The summed E-state index contributed by atoms with van der Waals surface area (Å²) in [5.41, 5.74) is 0. The average molecular weight is 605 g/mol. The number of hydrogen-bond donors (Lipinski definition) is 7. The number of aliphatic hydroxyl groups excluding tert-OH is 7. The van der Waals surface area contributed by atoms with Crippen LogP contribution in [0.5, 0.6) is 0 Å². The van der Waals surface area contributed by atoms with Gasteiger partial charge in [0.25, 0.3) is 0 Å². The largest absolute Gasteiger partial charge is 0.460 e. The van der Waals surface area contributed by atoms with E-state index in [-0.39, 0.29) is 6.42 Å². The maximum atomic E-state index is 12.4. The van der Waals surface area contributed by atoms with Crippen LogP contribution in [0.4, 0.5) is 0 Å². The van der Waals surface area contributed by atoms with Crippen LogP contribution in [0.25, 0.3) is 0 Å². The molecule has 0 aromatic heterocycles. The topological polar surface area (TPSA) is 196 Å². The highest BCUT2D eigenvalue weighted by Gasteiger charge is 2.59. The molecule has 0 amide bonds. The van der Waals surface area contributed by atoms with Crippen LogP contribution in [0.1, 0.15) is 84.0 Å². The third kappa shape index (κ3) is 11.2. The van der Waals surface area contributed by atoms with Gasteiger partial charge in [0.1, 0.15) is 49.3 Å². The van der Waals surface area contributed by atoms with Gasteiger partial charge in [-0.3, -0.25) is 4.79 Å². The lowest BCUT2D eigenvalue weighted by Crippen LogP contribution is -2.62. The van der Waals surface area contributed by atoms with Crippen molar-refractivity contribution in [3.8, 4) is 0 Å². The minimum Gasteiger partial charge on any atom is -0.460 e. The van der Waals surface area contributed by atoms with Crippen molar-refractivity contribution in [2.45, 2.75) is 139 Å². The number of carbonyl (C=O) groups excluding carboxylic acids is 1. The Bertz CT molecular complexity index is 805. The SMILES string of the molecule is CCCCCC=CCC=CCCCCCCCC(=O)OC[C@@]1(O[C@H]2O[C@H](CO)[C@@H](O)[C@H](O)[C@H]2O)O[C@H](CO)[C@@H](O)[C@@H]1O. The van der Waals surface area contributed by atoms with Crippen LogP contribution in [0.15, 0.2) is 24.3 Å². The van der Waals surface area contributed by atoms with Gasteiger partial charge in [0.2, 0.25) is 5.79 Å². The molecule has 0 aliphatic carbocycles. The maximum Gasteiger partial charge on any atom is 0.305 e. The van der Waals surface area contributed by atoms with E-state index >= 15 is 0 Å². The summed E-state index contributed by atoms with van der Waals surface area (Å²) in [5, 5.41) is 70.4. The Morgan fingerprint density at radius 2 is 1.38 bits per heavy atom. The standard InChI is InChI=1S/C30H52O12/c1-2-3-4-5-6-7-8-9-10-11-12-13-14-15-16-17-23(33)39-20-30(28(38)25(35)22(19-32)41-30)42-29-27(37)26(36)24(34)21(18-31)40-29/h6-7,9-10,21-22,24-29,31-32,34-38H,2-5,8,11-20H2,1H3/t21-,22-,24-,25-,26+,27-,28+,29-,30+/m1/s1. The summed E-state index contributed by atoms with van der Waals surface area (Å²) >= 11 is 0. The molecule has 0 aromatic carbocycles.